The second-order valence-electron chi connectivity index (χ2n) is 2.51. The summed E-state index contributed by atoms with van der Waals surface area (Å²) in [5.74, 6) is 0. The van der Waals surface area contributed by atoms with Crippen molar-refractivity contribution in [2.24, 2.45) is 5.73 Å². The van der Waals surface area contributed by atoms with E-state index in [-0.39, 0.29) is 6.04 Å². The van der Waals surface area contributed by atoms with Crippen LogP contribution in [0.1, 0.15) is 12.8 Å². The van der Waals surface area contributed by atoms with Gasteiger partial charge in [0.2, 0.25) is 0 Å². The molecular formula is C6H12N2O2. The highest BCUT2D eigenvalue weighted by atomic mass is 16.4. The van der Waals surface area contributed by atoms with E-state index in [1.165, 1.54) is 4.90 Å². The molecule has 0 aliphatic carbocycles. The maximum Gasteiger partial charge on any atom is 0.407 e. The second-order valence-corrected chi connectivity index (χ2v) is 2.51. The fraction of sp³-hybridized carbons (Fsp3) is 0.833. The number of rotatable bonds is 1. The fourth-order valence-corrected chi connectivity index (χ4v) is 1.33. The largest absolute Gasteiger partial charge is 0.465 e. The molecule has 0 saturated carbocycles. The zero-order valence-corrected chi connectivity index (χ0v) is 5.79. The Morgan fingerprint density at radius 3 is 2.90 bits per heavy atom. The van der Waals surface area contributed by atoms with Gasteiger partial charge in [-0.25, -0.2) is 4.79 Å². The van der Waals surface area contributed by atoms with Gasteiger partial charge in [0, 0.05) is 19.1 Å². The summed E-state index contributed by atoms with van der Waals surface area (Å²) in [6.07, 6.45) is 1.03. The van der Waals surface area contributed by atoms with Crippen LogP contribution in [0, 0.1) is 0 Å². The van der Waals surface area contributed by atoms with E-state index in [1.807, 2.05) is 0 Å². The number of nitrogens with zero attached hydrogens (tertiary/aromatic N) is 1. The first-order chi connectivity index (χ1) is 4.75. The molecule has 0 aromatic carbocycles. The molecule has 0 aromatic rings. The molecule has 0 aromatic heterocycles. The highest BCUT2D eigenvalue weighted by molar-refractivity contribution is 5.65. The minimum Gasteiger partial charge on any atom is -0.465 e. The first-order valence-corrected chi connectivity index (χ1v) is 3.45. The number of nitrogens with two attached hydrogens (primary N) is 1. The predicted molar refractivity (Wildman–Crippen MR) is 36.8 cm³/mol. The first-order valence-electron chi connectivity index (χ1n) is 3.45. The summed E-state index contributed by atoms with van der Waals surface area (Å²) in [5.41, 5.74) is 5.36. The Kier molecular flexibility index (Phi) is 2.11. The lowest BCUT2D eigenvalue weighted by Crippen LogP contribution is -2.38. The molecule has 1 heterocycles. The summed E-state index contributed by atoms with van der Waals surface area (Å²) in [4.78, 5) is 11.9. The van der Waals surface area contributed by atoms with Gasteiger partial charge in [0.05, 0.1) is 0 Å². The van der Waals surface area contributed by atoms with E-state index in [2.05, 4.69) is 0 Å². The van der Waals surface area contributed by atoms with Crippen LogP contribution in [0.5, 0.6) is 0 Å². The average Bonchev–Trinajstić information content (AvgIpc) is 2.33. The number of hydrogen-bond acceptors (Lipinski definition) is 2. The third-order valence-corrected chi connectivity index (χ3v) is 1.89. The monoisotopic (exact) mass is 144 g/mol. The van der Waals surface area contributed by atoms with Crippen molar-refractivity contribution < 1.29 is 9.90 Å². The summed E-state index contributed by atoms with van der Waals surface area (Å²) < 4.78 is 0. The summed E-state index contributed by atoms with van der Waals surface area (Å²) >= 11 is 0. The average molecular weight is 144 g/mol. The molecule has 1 aliphatic rings. The molecule has 1 amide bonds. The van der Waals surface area contributed by atoms with Gasteiger partial charge >= 0.3 is 6.09 Å². The molecule has 1 rings (SSSR count). The van der Waals surface area contributed by atoms with Crippen molar-refractivity contribution in [1.29, 1.82) is 0 Å². The van der Waals surface area contributed by atoms with E-state index >= 15 is 0 Å². The van der Waals surface area contributed by atoms with E-state index in [0.717, 1.165) is 12.8 Å². The number of carbonyl (C=O) groups is 1. The Hall–Kier alpha value is -0.770. The van der Waals surface area contributed by atoms with Gasteiger partial charge in [-0.15, -0.1) is 0 Å². The molecule has 4 nitrogen and oxygen atoms in total. The number of hydrogen-bond donors (Lipinski definition) is 2. The van der Waals surface area contributed by atoms with Crippen molar-refractivity contribution in [3.63, 3.8) is 0 Å². The molecular weight excluding hydrogens is 132 g/mol. The van der Waals surface area contributed by atoms with E-state index in [1.54, 1.807) is 0 Å². The molecule has 1 fully saturated rings. The quantitative estimate of drug-likeness (QED) is 0.548. The lowest BCUT2D eigenvalue weighted by atomic mass is 10.2. The van der Waals surface area contributed by atoms with E-state index in [9.17, 15) is 4.79 Å². The molecule has 58 valence electrons. The number of amides is 1. The lowest BCUT2D eigenvalue weighted by Gasteiger charge is -2.18. The van der Waals surface area contributed by atoms with Crippen LogP contribution in [0.2, 0.25) is 0 Å². The molecule has 0 spiro atoms. The van der Waals surface area contributed by atoms with Crippen molar-refractivity contribution in [2.75, 3.05) is 13.1 Å². The van der Waals surface area contributed by atoms with Crippen molar-refractivity contribution in [3.05, 3.63) is 0 Å². The van der Waals surface area contributed by atoms with Crippen LogP contribution in [0.25, 0.3) is 0 Å². The smallest absolute Gasteiger partial charge is 0.407 e. The zero-order chi connectivity index (χ0) is 7.56. The van der Waals surface area contributed by atoms with Crippen LogP contribution in [0.3, 0.4) is 0 Å². The zero-order valence-electron chi connectivity index (χ0n) is 5.79. The first kappa shape index (κ1) is 7.34. The summed E-state index contributed by atoms with van der Waals surface area (Å²) in [5, 5.41) is 8.59. The fourth-order valence-electron chi connectivity index (χ4n) is 1.33. The van der Waals surface area contributed by atoms with Crippen molar-refractivity contribution in [3.8, 4) is 0 Å². The van der Waals surface area contributed by atoms with Gasteiger partial charge in [-0.3, -0.25) is 0 Å². The van der Waals surface area contributed by atoms with E-state index in [0.29, 0.717) is 13.1 Å². The second kappa shape index (κ2) is 2.88. The summed E-state index contributed by atoms with van der Waals surface area (Å²) in [6, 6.07) is 0.0671. The van der Waals surface area contributed by atoms with Crippen molar-refractivity contribution in [1.82, 2.24) is 4.90 Å². The van der Waals surface area contributed by atoms with Gasteiger partial charge in [-0.1, -0.05) is 0 Å². The van der Waals surface area contributed by atoms with Crippen LogP contribution in [-0.2, 0) is 0 Å². The van der Waals surface area contributed by atoms with Crippen LogP contribution >= 0.6 is 0 Å². The van der Waals surface area contributed by atoms with Gasteiger partial charge in [0.1, 0.15) is 0 Å². The minimum atomic E-state index is -0.840. The Morgan fingerprint density at radius 2 is 2.50 bits per heavy atom. The SMILES string of the molecule is NC[C@H]1CCCN1C(=O)O. The van der Waals surface area contributed by atoms with Crippen LogP contribution in [-0.4, -0.2) is 35.2 Å². The Morgan fingerprint density at radius 1 is 1.80 bits per heavy atom. The van der Waals surface area contributed by atoms with Gasteiger partial charge in [0.25, 0.3) is 0 Å². The molecule has 3 N–H and O–H groups in total. The number of likely N-dealkylation sites (tertiary alicyclic amines) is 1. The summed E-state index contributed by atoms with van der Waals surface area (Å²) in [7, 11) is 0. The van der Waals surface area contributed by atoms with E-state index in [4.69, 9.17) is 10.8 Å². The minimum absolute atomic E-state index is 0.0671. The van der Waals surface area contributed by atoms with Crippen LogP contribution in [0.15, 0.2) is 0 Å². The topological polar surface area (TPSA) is 66.6 Å². The maximum absolute atomic E-state index is 10.4. The van der Waals surface area contributed by atoms with Crippen LogP contribution < -0.4 is 5.73 Å². The Balaban J connectivity index is 2.50. The third-order valence-electron chi connectivity index (χ3n) is 1.89. The standard InChI is InChI=1S/C6H12N2O2/c7-4-5-2-1-3-8(5)6(9)10/h5H,1-4,7H2,(H,9,10)/t5-/m1/s1. The van der Waals surface area contributed by atoms with Gasteiger partial charge in [0.15, 0.2) is 0 Å². The molecule has 0 radical (unpaired) electrons. The molecule has 1 saturated heterocycles. The molecule has 0 unspecified atom stereocenters. The maximum atomic E-state index is 10.4. The molecule has 1 atom stereocenters. The highest BCUT2D eigenvalue weighted by Gasteiger charge is 2.26. The Bertz CT molecular complexity index is 138. The summed E-state index contributed by atoms with van der Waals surface area (Å²) in [6.45, 7) is 1.10. The number of carboxylic acid groups (broad SMARTS) is 1. The van der Waals surface area contributed by atoms with Gasteiger partial charge in [-0.2, -0.15) is 0 Å². The van der Waals surface area contributed by atoms with Gasteiger partial charge in [-0.05, 0) is 12.8 Å². The highest BCUT2D eigenvalue weighted by Crippen LogP contribution is 2.15. The van der Waals surface area contributed by atoms with E-state index < -0.39 is 6.09 Å². The van der Waals surface area contributed by atoms with Gasteiger partial charge < -0.3 is 15.7 Å². The Labute approximate surface area is 59.6 Å². The normalized spacial score (nSPS) is 25.3. The van der Waals surface area contributed by atoms with Crippen molar-refractivity contribution in [2.45, 2.75) is 18.9 Å². The molecule has 0 bridgehead atoms. The lowest BCUT2D eigenvalue weighted by molar-refractivity contribution is 0.141. The molecule has 4 heteroatoms. The predicted octanol–water partition coefficient (Wildman–Crippen LogP) is 0.0875. The van der Waals surface area contributed by atoms with Crippen LogP contribution in [0.4, 0.5) is 4.79 Å². The third kappa shape index (κ3) is 1.21. The molecule has 10 heavy (non-hydrogen) atoms. The molecule has 1 aliphatic heterocycles. The van der Waals surface area contributed by atoms with Crippen molar-refractivity contribution >= 4 is 6.09 Å².